The summed E-state index contributed by atoms with van der Waals surface area (Å²) in [5.41, 5.74) is 1.14. The molecular formula is C20H27N3O2S. The van der Waals surface area contributed by atoms with Crippen molar-refractivity contribution in [2.45, 2.75) is 32.7 Å². The van der Waals surface area contributed by atoms with Crippen LogP contribution in [0, 0.1) is 0 Å². The fourth-order valence-corrected chi connectivity index (χ4v) is 3.40. The van der Waals surface area contributed by atoms with E-state index >= 15 is 0 Å². The number of ether oxygens (including phenoxy) is 2. The monoisotopic (exact) mass is 373 g/mol. The molecule has 0 radical (unpaired) electrons. The van der Waals surface area contributed by atoms with E-state index in [1.165, 1.54) is 10.4 Å². The Morgan fingerprint density at radius 3 is 2.69 bits per heavy atom. The van der Waals surface area contributed by atoms with E-state index in [1.54, 1.807) is 11.3 Å². The Kier molecular flexibility index (Phi) is 6.04. The van der Waals surface area contributed by atoms with Crippen LogP contribution < -0.4 is 20.1 Å². The number of benzene rings is 1. The molecule has 2 aromatic rings. The van der Waals surface area contributed by atoms with Crippen molar-refractivity contribution in [2.75, 3.05) is 26.3 Å². The second-order valence-electron chi connectivity index (χ2n) is 6.87. The SMILES string of the molecule is CCNC(=NCc1cccs1)NCC(C)(C)c1ccc2c(c1)OCCO2. The molecule has 0 fully saturated rings. The van der Waals surface area contributed by atoms with Gasteiger partial charge in [0.05, 0.1) is 6.54 Å². The Morgan fingerprint density at radius 1 is 1.15 bits per heavy atom. The van der Waals surface area contributed by atoms with E-state index in [2.05, 4.69) is 66.0 Å². The Balaban J connectivity index is 1.66. The van der Waals surface area contributed by atoms with Gasteiger partial charge in [-0.1, -0.05) is 26.0 Å². The molecule has 140 valence electrons. The van der Waals surface area contributed by atoms with Gasteiger partial charge in [0.1, 0.15) is 13.2 Å². The van der Waals surface area contributed by atoms with Crippen LogP contribution in [0.2, 0.25) is 0 Å². The summed E-state index contributed by atoms with van der Waals surface area (Å²) in [4.78, 5) is 5.94. The summed E-state index contributed by atoms with van der Waals surface area (Å²) < 4.78 is 11.3. The quantitative estimate of drug-likeness (QED) is 0.601. The number of nitrogens with zero attached hydrogens (tertiary/aromatic N) is 1. The minimum Gasteiger partial charge on any atom is -0.486 e. The maximum atomic E-state index is 5.72. The van der Waals surface area contributed by atoms with Crippen LogP contribution in [-0.2, 0) is 12.0 Å². The first-order valence-corrected chi connectivity index (χ1v) is 9.91. The second kappa shape index (κ2) is 8.45. The summed E-state index contributed by atoms with van der Waals surface area (Å²) >= 11 is 1.73. The standard InChI is InChI=1S/C20H27N3O2S/c1-4-21-19(22-13-16-6-5-11-26-16)23-14-20(2,3)15-7-8-17-18(12-15)25-10-9-24-17/h5-8,11-12H,4,9-10,13-14H2,1-3H3,(H2,21,22,23). The smallest absolute Gasteiger partial charge is 0.191 e. The lowest BCUT2D eigenvalue weighted by Crippen LogP contribution is -2.43. The van der Waals surface area contributed by atoms with Crippen molar-refractivity contribution >= 4 is 17.3 Å². The third-order valence-corrected chi connectivity index (χ3v) is 5.20. The molecule has 1 aliphatic heterocycles. The first kappa shape index (κ1) is 18.6. The average Bonchev–Trinajstić information content (AvgIpc) is 3.17. The number of hydrogen-bond donors (Lipinski definition) is 2. The van der Waals surface area contributed by atoms with Gasteiger partial charge in [-0.2, -0.15) is 0 Å². The summed E-state index contributed by atoms with van der Waals surface area (Å²) in [5, 5.41) is 8.87. The zero-order valence-electron chi connectivity index (χ0n) is 15.7. The summed E-state index contributed by atoms with van der Waals surface area (Å²) in [6, 6.07) is 10.4. The van der Waals surface area contributed by atoms with E-state index < -0.39 is 0 Å². The van der Waals surface area contributed by atoms with Gasteiger partial charge in [-0.05, 0) is 36.1 Å². The number of hydrogen-bond acceptors (Lipinski definition) is 4. The summed E-state index contributed by atoms with van der Waals surface area (Å²) in [5.74, 6) is 2.50. The molecule has 0 atom stereocenters. The molecule has 2 N–H and O–H groups in total. The second-order valence-corrected chi connectivity index (χ2v) is 7.90. The van der Waals surface area contributed by atoms with Crippen molar-refractivity contribution in [3.8, 4) is 11.5 Å². The summed E-state index contributed by atoms with van der Waals surface area (Å²) in [6.07, 6.45) is 0. The van der Waals surface area contributed by atoms with E-state index in [9.17, 15) is 0 Å². The number of guanidine groups is 1. The van der Waals surface area contributed by atoms with Gasteiger partial charge >= 0.3 is 0 Å². The number of aliphatic imine (C=N–C) groups is 1. The first-order chi connectivity index (χ1) is 12.6. The minimum atomic E-state index is -0.0744. The molecule has 1 aliphatic rings. The highest BCUT2D eigenvalue weighted by Gasteiger charge is 2.23. The molecule has 26 heavy (non-hydrogen) atoms. The fraction of sp³-hybridized carbons (Fsp3) is 0.450. The minimum absolute atomic E-state index is 0.0744. The molecule has 0 bridgehead atoms. The highest BCUT2D eigenvalue weighted by Crippen LogP contribution is 2.34. The largest absolute Gasteiger partial charge is 0.486 e. The predicted molar refractivity (Wildman–Crippen MR) is 108 cm³/mol. The van der Waals surface area contributed by atoms with Gasteiger partial charge in [0.2, 0.25) is 0 Å². The van der Waals surface area contributed by atoms with Crippen molar-refractivity contribution < 1.29 is 9.47 Å². The number of fused-ring (bicyclic) bond motifs is 1. The Morgan fingerprint density at radius 2 is 1.96 bits per heavy atom. The van der Waals surface area contributed by atoms with E-state index in [1.807, 2.05) is 6.07 Å². The zero-order chi connectivity index (χ0) is 18.4. The molecule has 0 amide bonds. The third-order valence-electron chi connectivity index (χ3n) is 4.34. The van der Waals surface area contributed by atoms with Crippen LogP contribution in [0.15, 0.2) is 40.7 Å². The molecule has 0 spiro atoms. The Hall–Kier alpha value is -2.21. The van der Waals surface area contributed by atoms with Crippen LogP contribution >= 0.6 is 11.3 Å². The predicted octanol–water partition coefficient (Wildman–Crippen LogP) is 3.55. The average molecular weight is 374 g/mol. The first-order valence-electron chi connectivity index (χ1n) is 9.03. The molecule has 5 nitrogen and oxygen atoms in total. The van der Waals surface area contributed by atoms with Gasteiger partial charge in [-0.15, -0.1) is 11.3 Å². The van der Waals surface area contributed by atoms with Crippen molar-refractivity contribution in [1.82, 2.24) is 10.6 Å². The fourth-order valence-electron chi connectivity index (χ4n) is 2.77. The molecule has 3 rings (SSSR count). The van der Waals surface area contributed by atoms with Gasteiger partial charge in [0.25, 0.3) is 0 Å². The highest BCUT2D eigenvalue weighted by atomic mass is 32.1. The van der Waals surface area contributed by atoms with Crippen molar-refractivity contribution in [1.29, 1.82) is 0 Å². The summed E-state index contributed by atoms with van der Waals surface area (Å²) in [7, 11) is 0. The van der Waals surface area contributed by atoms with E-state index in [4.69, 9.17) is 9.47 Å². The van der Waals surface area contributed by atoms with E-state index in [0.29, 0.717) is 19.8 Å². The third kappa shape index (κ3) is 4.69. The van der Waals surface area contributed by atoms with Crippen molar-refractivity contribution in [3.05, 3.63) is 46.2 Å². The lowest BCUT2D eigenvalue weighted by molar-refractivity contribution is 0.171. The normalized spacial score (nSPS) is 14.2. The number of nitrogens with one attached hydrogen (secondary N) is 2. The highest BCUT2D eigenvalue weighted by molar-refractivity contribution is 7.09. The number of rotatable bonds is 6. The molecular weight excluding hydrogens is 346 g/mol. The van der Waals surface area contributed by atoms with Gasteiger partial charge in [-0.25, -0.2) is 4.99 Å². The lowest BCUT2D eigenvalue weighted by atomic mass is 9.84. The van der Waals surface area contributed by atoms with Crippen LogP contribution in [0.3, 0.4) is 0 Å². The van der Waals surface area contributed by atoms with Crippen LogP contribution in [0.1, 0.15) is 31.2 Å². The maximum absolute atomic E-state index is 5.72. The zero-order valence-corrected chi connectivity index (χ0v) is 16.5. The lowest BCUT2D eigenvalue weighted by Gasteiger charge is -2.28. The molecule has 0 unspecified atom stereocenters. The van der Waals surface area contributed by atoms with Gasteiger partial charge in [-0.3, -0.25) is 0 Å². The molecule has 0 saturated heterocycles. The van der Waals surface area contributed by atoms with E-state index in [0.717, 1.165) is 30.5 Å². The van der Waals surface area contributed by atoms with Crippen LogP contribution in [-0.4, -0.2) is 32.3 Å². The number of thiophene rings is 1. The van der Waals surface area contributed by atoms with Gasteiger partial charge in [0.15, 0.2) is 17.5 Å². The van der Waals surface area contributed by atoms with Crippen molar-refractivity contribution in [3.63, 3.8) is 0 Å². The molecule has 1 aromatic heterocycles. The van der Waals surface area contributed by atoms with Crippen LogP contribution in [0.4, 0.5) is 0 Å². The van der Waals surface area contributed by atoms with Crippen LogP contribution in [0.5, 0.6) is 11.5 Å². The Labute approximate surface area is 159 Å². The van der Waals surface area contributed by atoms with Gasteiger partial charge < -0.3 is 20.1 Å². The topological polar surface area (TPSA) is 54.9 Å². The molecule has 2 heterocycles. The molecule has 0 saturated carbocycles. The Bertz CT molecular complexity index is 742. The maximum Gasteiger partial charge on any atom is 0.191 e. The molecule has 0 aliphatic carbocycles. The molecule has 6 heteroatoms. The van der Waals surface area contributed by atoms with Crippen LogP contribution in [0.25, 0.3) is 0 Å². The molecule has 1 aromatic carbocycles. The van der Waals surface area contributed by atoms with Crippen molar-refractivity contribution in [2.24, 2.45) is 4.99 Å². The summed E-state index contributed by atoms with van der Waals surface area (Å²) in [6.45, 7) is 10.0. The van der Waals surface area contributed by atoms with Gasteiger partial charge in [0, 0.05) is 23.4 Å². The van der Waals surface area contributed by atoms with E-state index in [-0.39, 0.29) is 5.41 Å².